The van der Waals surface area contributed by atoms with Crippen molar-refractivity contribution in [3.63, 3.8) is 0 Å². The molecule has 21 heavy (non-hydrogen) atoms. The molecule has 0 saturated carbocycles. The molecule has 0 radical (unpaired) electrons. The van der Waals surface area contributed by atoms with Crippen LogP contribution in [0.15, 0.2) is 18.2 Å². The van der Waals surface area contributed by atoms with Crippen LogP contribution >= 0.6 is 23.2 Å². The molecule has 0 amide bonds. The Morgan fingerprint density at radius 2 is 2.14 bits per heavy atom. The molecule has 1 aliphatic heterocycles. The molecule has 0 spiro atoms. The quantitative estimate of drug-likeness (QED) is 0.563. The molecule has 1 aromatic rings. The molecular formula is C15H18Cl2O4. The number of ether oxygens (including phenoxy) is 3. The Balaban J connectivity index is 1.63. The van der Waals surface area contributed by atoms with E-state index in [1.807, 2.05) is 6.92 Å². The van der Waals surface area contributed by atoms with Crippen molar-refractivity contribution >= 4 is 29.2 Å². The summed E-state index contributed by atoms with van der Waals surface area (Å²) in [6.07, 6.45) is 0.879. The maximum Gasteiger partial charge on any atom is 0.305 e. The zero-order valence-electron chi connectivity index (χ0n) is 11.9. The normalized spacial score (nSPS) is 16.1. The zero-order chi connectivity index (χ0) is 15.3. The first-order valence-corrected chi connectivity index (χ1v) is 7.56. The smallest absolute Gasteiger partial charge is 0.305 e. The van der Waals surface area contributed by atoms with E-state index in [-0.39, 0.29) is 11.4 Å². The highest BCUT2D eigenvalue weighted by atomic mass is 35.5. The molecule has 0 atom stereocenters. The predicted molar refractivity (Wildman–Crippen MR) is 81.1 cm³/mol. The number of hydrogen-bond acceptors (Lipinski definition) is 4. The second-order valence-electron chi connectivity index (χ2n) is 5.47. The Bertz CT molecular complexity index is 500. The Labute approximate surface area is 134 Å². The minimum Gasteiger partial charge on any atom is -0.492 e. The van der Waals surface area contributed by atoms with Crippen molar-refractivity contribution in [1.29, 1.82) is 0 Å². The van der Waals surface area contributed by atoms with Gasteiger partial charge < -0.3 is 14.2 Å². The summed E-state index contributed by atoms with van der Waals surface area (Å²) in [6.45, 7) is 4.13. The molecule has 6 heteroatoms. The van der Waals surface area contributed by atoms with Gasteiger partial charge in [-0.05, 0) is 18.6 Å². The lowest BCUT2D eigenvalue weighted by Crippen LogP contribution is -2.44. The van der Waals surface area contributed by atoms with Crippen molar-refractivity contribution < 1.29 is 19.0 Å². The van der Waals surface area contributed by atoms with Crippen LogP contribution < -0.4 is 4.74 Å². The van der Waals surface area contributed by atoms with Gasteiger partial charge in [0.1, 0.15) is 17.4 Å². The van der Waals surface area contributed by atoms with Gasteiger partial charge in [-0.15, -0.1) is 0 Å². The molecule has 4 nitrogen and oxygen atoms in total. The van der Waals surface area contributed by atoms with E-state index in [1.165, 1.54) is 0 Å². The van der Waals surface area contributed by atoms with Crippen LogP contribution in [0.1, 0.15) is 19.8 Å². The fourth-order valence-electron chi connectivity index (χ4n) is 1.85. The molecule has 0 bridgehead atoms. The molecule has 1 aliphatic rings. The number of carbonyl (C=O) groups excluding carboxylic acids is 1. The number of halogens is 2. The zero-order valence-corrected chi connectivity index (χ0v) is 13.4. The Morgan fingerprint density at radius 3 is 2.81 bits per heavy atom. The highest BCUT2D eigenvalue weighted by Gasteiger charge is 2.34. The summed E-state index contributed by atoms with van der Waals surface area (Å²) in [5, 5.41) is 0.837. The van der Waals surface area contributed by atoms with Crippen molar-refractivity contribution in [2.45, 2.75) is 19.8 Å². The molecule has 2 rings (SSSR count). The van der Waals surface area contributed by atoms with Crippen LogP contribution in [0.4, 0.5) is 0 Å². The van der Waals surface area contributed by atoms with E-state index < -0.39 is 0 Å². The van der Waals surface area contributed by atoms with Gasteiger partial charge in [-0.3, -0.25) is 4.79 Å². The van der Waals surface area contributed by atoms with E-state index in [4.69, 9.17) is 37.4 Å². The van der Waals surface area contributed by atoms with Gasteiger partial charge in [0.15, 0.2) is 0 Å². The largest absolute Gasteiger partial charge is 0.492 e. The minimum atomic E-state index is -0.219. The average molecular weight is 333 g/mol. The van der Waals surface area contributed by atoms with Gasteiger partial charge in [-0.2, -0.15) is 0 Å². The summed E-state index contributed by atoms with van der Waals surface area (Å²) in [4.78, 5) is 11.6. The van der Waals surface area contributed by atoms with E-state index in [1.54, 1.807) is 18.2 Å². The van der Waals surface area contributed by atoms with Gasteiger partial charge in [0.05, 0.1) is 24.8 Å². The summed E-state index contributed by atoms with van der Waals surface area (Å²) < 4.78 is 15.8. The van der Waals surface area contributed by atoms with Crippen molar-refractivity contribution in [1.82, 2.24) is 0 Å². The Morgan fingerprint density at radius 1 is 1.38 bits per heavy atom. The molecule has 116 valence electrons. The maximum absolute atomic E-state index is 11.6. The van der Waals surface area contributed by atoms with Crippen LogP contribution in [0.2, 0.25) is 10.0 Å². The monoisotopic (exact) mass is 332 g/mol. The Hall–Kier alpha value is -0.970. The number of carbonyl (C=O) groups is 1. The minimum absolute atomic E-state index is 0.0134. The van der Waals surface area contributed by atoms with E-state index in [2.05, 4.69) is 0 Å². The summed E-state index contributed by atoms with van der Waals surface area (Å²) in [6, 6.07) is 5.20. The topological polar surface area (TPSA) is 44.8 Å². The van der Waals surface area contributed by atoms with Crippen LogP contribution in [0.25, 0.3) is 0 Å². The van der Waals surface area contributed by atoms with E-state index in [0.29, 0.717) is 55.1 Å². The second-order valence-corrected chi connectivity index (χ2v) is 6.25. The van der Waals surface area contributed by atoms with Crippen LogP contribution in [0.3, 0.4) is 0 Å². The second kappa shape index (κ2) is 7.34. The van der Waals surface area contributed by atoms with Crippen molar-refractivity contribution in [2.24, 2.45) is 5.41 Å². The molecule has 0 aromatic heterocycles. The van der Waals surface area contributed by atoms with E-state index in [9.17, 15) is 4.79 Å². The molecular weight excluding hydrogens is 315 g/mol. The van der Waals surface area contributed by atoms with E-state index >= 15 is 0 Å². The lowest BCUT2D eigenvalue weighted by molar-refractivity contribution is -0.165. The third-order valence-electron chi connectivity index (χ3n) is 3.18. The average Bonchev–Trinajstić information content (AvgIpc) is 2.43. The highest BCUT2D eigenvalue weighted by Crippen LogP contribution is 2.31. The van der Waals surface area contributed by atoms with Crippen molar-refractivity contribution in [3.05, 3.63) is 28.2 Å². The van der Waals surface area contributed by atoms with Gasteiger partial charge in [0.25, 0.3) is 0 Å². The molecule has 0 unspecified atom stereocenters. The summed E-state index contributed by atoms with van der Waals surface area (Å²) in [7, 11) is 0. The predicted octanol–water partition coefficient (Wildman–Crippen LogP) is 3.73. The SMILES string of the molecule is CC1(COC(=O)CCCOc2cccc(Cl)c2Cl)COC1. The van der Waals surface area contributed by atoms with Crippen molar-refractivity contribution in [2.75, 3.05) is 26.4 Å². The molecule has 1 aromatic carbocycles. The van der Waals surface area contributed by atoms with Gasteiger partial charge in [-0.25, -0.2) is 0 Å². The summed E-state index contributed by atoms with van der Waals surface area (Å²) >= 11 is 11.9. The fourth-order valence-corrected chi connectivity index (χ4v) is 2.20. The number of hydrogen-bond donors (Lipinski definition) is 0. The molecule has 1 saturated heterocycles. The lowest BCUT2D eigenvalue weighted by atomic mass is 9.90. The summed E-state index contributed by atoms with van der Waals surface area (Å²) in [5.41, 5.74) is -0.0134. The first-order chi connectivity index (χ1) is 10.0. The van der Waals surface area contributed by atoms with Crippen LogP contribution in [-0.4, -0.2) is 32.4 Å². The van der Waals surface area contributed by atoms with Gasteiger partial charge >= 0.3 is 5.97 Å². The van der Waals surface area contributed by atoms with Crippen LogP contribution in [-0.2, 0) is 14.3 Å². The maximum atomic E-state index is 11.6. The van der Waals surface area contributed by atoms with Gasteiger partial charge in [0, 0.05) is 11.8 Å². The first-order valence-electron chi connectivity index (χ1n) is 6.80. The molecule has 1 fully saturated rings. The number of benzene rings is 1. The standard InChI is InChI=1S/C15H18Cl2O4/c1-15(8-19-9-15)10-21-13(18)6-3-7-20-12-5-2-4-11(16)14(12)17/h2,4-5H,3,6-10H2,1H3. The molecule has 1 heterocycles. The highest BCUT2D eigenvalue weighted by molar-refractivity contribution is 6.42. The summed E-state index contributed by atoms with van der Waals surface area (Å²) in [5.74, 6) is 0.306. The lowest BCUT2D eigenvalue weighted by Gasteiger charge is -2.37. The first kappa shape index (κ1) is 16.4. The van der Waals surface area contributed by atoms with Gasteiger partial charge in [-0.1, -0.05) is 36.2 Å². The number of rotatable bonds is 7. The van der Waals surface area contributed by atoms with Crippen LogP contribution in [0.5, 0.6) is 5.75 Å². The Kier molecular flexibility index (Phi) is 5.73. The van der Waals surface area contributed by atoms with Gasteiger partial charge in [0.2, 0.25) is 0 Å². The third-order valence-corrected chi connectivity index (χ3v) is 3.98. The molecule has 0 aliphatic carbocycles. The third kappa shape index (κ3) is 4.77. The number of esters is 1. The fraction of sp³-hybridized carbons (Fsp3) is 0.533. The van der Waals surface area contributed by atoms with Crippen LogP contribution in [0, 0.1) is 5.41 Å². The van der Waals surface area contributed by atoms with Crippen molar-refractivity contribution in [3.8, 4) is 5.75 Å². The molecule has 0 N–H and O–H groups in total. The van der Waals surface area contributed by atoms with E-state index in [0.717, 1.165) is 0 Å².